The fraction of sp³-hybridized carbons (Fsp3) is 0.467. The first-order valence-electron chi connectivity index (χ1n) is 6.83. The van der Waals surface area contributed by atoms with Gasteiger partial charge < -0.3 is 15.3 Å². The number of nitrogens with zero attached hydrogens (tertiary/aromatic N) is 1. The number of amides is 2. The molecule has 1 aliphatic rings. The molecule has 0 unspecified atom stereocenters. The van der Waals surface area contributed by atoms with Crippen LogP contribution in [0.2, 0.25) is 0 Å². The average molecular weight is 276 g/mol. The lowest BCUT2D eigenvalue weighted by Gasteiger charge is -2.30. The summed E-state index contributed by atoms with van der Waals surface area (Å²) >= 11 is 0. The van der Waals surface area contributed by atoms with Crippen LogP contribution in [0.15, 0.2) is 18.2 Å². The van der Waals surface area contributed by atoms with Gasteiger partial charge in [-0.3, -0.25) is 4.79 Å². The Labute approximate surface area is 118 Å². The molecule has 1 atom stereocenters. The van der Waals surface area contributed by atoms with E-state index in [2.05, 4.69) is 5.32 Å². The van der Waals surface area contributed by atoms with E-state index in [0.29, 0.717) is 13.0 Å². The number of piperidine rings is 1. The van der Waals surface area contributed by atoms with E-state index < -0.39 is 11.9 Å². The Morgan fingerprint density at radius 2 is 2.10 bits per heavy atom. The molecule has 0 spiro atoms. The maximum absolute atomic E-state index is 12.2. The normalized spacial score (nSPS) is 18.7. The Morgan fingerprint density at radius 3 is 2.75 bits per heavy atom. The lowest BCUT2D eigenvalue weighted by molar-refractivity contribution is -0.143. The average Bonchev–Trinajstić information content (AvgIpc) is 2.42. The van der Waals surface area contributed by atoms with Crippen molar-refractivity contribution in [2.45, 2.75) is 26.7 Å². The van der Waals surface area contributed by atoms with Crippen LogP contribution in [0.25, 0.3) is 0 Å². The zero-order valence-corrected chi connectivity index (χ0v) is 11.8. The van der Waals surface area contributed by atoms with Gasteiger partial charge in [0.15, 0.2) is 0 Å². The SMILES string of the molecule is Cc1ccc(NC(=O)N2CCC[C@@H](C(=O)O)C2)c(C)c1. The Bertz CT molecular complexity index is 528. The molecule has 20 heavy (non-hydrogen) atoms. The number of nitrogens with one attached hydrogen (secondary N) is 1. The minimum Gasteiger partial charge on any atom is -0.481 e. The van der Waals surface area contributed by atoms with Crippen molar-refractivity contribution in [3.63, 3.8) is 0 Å². The molecule has 1 heterocycles. The number of carboxylic acids is 1. The molecule has 108 valence electrons. The largest absolute Gasteiger partial charge is 0.481 e. The van der Waals surface area contributed by atoms with Gasteiger partial charge in [-0.2, -0.15) is 0 Å². The number of benzene rings is 1. The number of aliphatic carboxylic acids is 1. The van der Waals surface area contributed by atoms with Crippen molar-refractivity contribution in [3.05, 3.63) is 29.3 Å². The lowest BCUT2D eigenvalue weighted by atomic mass is 9.99. The summed E-state index contributed by atoms with van der Waals surface area (Å²) < 4.78 is 0. The van der Waals surface area contributed by atoms with Gasteiger partial charge in [-0.05, 0) is 38.3 Å². The van der Waals surface area contributed by atoms with Crippen molar-refractivity contribution in [1.29, 1.82) is 0 Å². The summed E-state index contributed by atoms with van der Waals surface area (Å²) in [5.41, 5.74) is 2.92. The van der Waals surface area contributed by atoms with Crippen LogP contribution in [0.4, 0.5) is 10.5 Å². The molecular formula is C15H20N2O3. The van der Waals surface area contributed by atoms with Crippen LogP contribution >= 0.6 is 0 Å². The molecule has 0 aromatic heterocycles. The minimum atomic E-state index is -0.825. The summed E-state index contributed by atoms with van der Waals surface area (Å²) in [7, 11) is 0. The van der Waals surface area contributed by atoms with Gasteiger partial charge in [-0.1, -0.05) is 17.7 Å². The van der Waals surface area contributed by atoms with Gasteiger partial charge in [0, 0.05) is 18.8 Å². The molecule has 1 aliphatic heterocycles. The summed E-state index contributed by atoms with van der Waals surface area (Å²) in [5.74, 6) is -1.28. The maximum Gasteiger partial charge on any atom is 0.321 e. The number of hydrogen-bond donors (Lipinski definition) is 2. The summed E-state index contributed by atoms with van der Waals surface area (Å²) in [5, 5.41) is 11.9. The first-order chi connectivity index (χ1) is 9.47. The summed E-state index contributed by atoms with van der Waals surface area (Å²) in [4.78, 5) is 24.8. The van der Waals surface area contributed by atoms with Crippen molar-refractivity contribution in [2.75, 3.05) is 18.4 Å². The van der Waals surface area contributed by atoms with Crippen molar-refractivity contribution in [3.8, 4) is 0 Å². The van der Waals surface area contributed by atoms with Crippen LogP contribution in [0.5, 0.6) is 0 Å². The van der Waals surface area contributed by atoms with E-state index in [9.17, 15) is 9.59 Å². The maximum atomic E-state index is 12.2. The van der Waals surface area contributed by atoms with E-state index in [4.69, 9.17) is 5.11 Å². The first-order valence-corrected chi connectivity index (χ1v) is 6.83. The van der Waals surface area contributed by atoms with Crippen LogP contribution in [0, 0.1) is 19.8 Å². The highest BCUT2D eigenvalue weighted by atomic mass is 16.4. The van der Waals surface area contributed by atoms with E-state index in [1.165, 1.54) is 0 Å². The van der Waals surface area contributed by atoms with Crippen molar-refractivity contribution in [2.24, 2.45) is 5.92 Å². The number of rotatable bonds is 2. The number of urea groups is 1. The summed E-state index contributed by atoms with van der Waals surface area (Å²) in [6, 6.07) is 5.61. The highest BCUT2D eigenvalue weighted by Crippen LogP contribution is 2.20. The van der Waals surface area contributed by atoms with Crippen LogP contribution < -0.4 is 5.32 Å². The van der Waals surface area contributed by atoms with Gasteiger partial charge in [0.1, 0.15) is 0 Å². The highest BCUT2D eigenvalue weighted by Gasteiger charge is 2.28. The number of likely N-dealkylation sites (tertiary alicyclic amines) is 1. The van der Waals surface area contributed by atoms with Gasteiger partial charge >= 0.3 is 12.0 Å². The fourth-order valence-electron chi connectivity index (χ4n) is 2.51. The minimum absolute atomic E-state index is 0.220. The zero-order chi connectivity index (χ0) is 14.7. The first kappa shape index (κ1) is 14.4. The van der Waals surface area contributed by atoms with E-state index in [1.54, 1.807) is 4.90 Å². The molecular weight excluding hydrogens is 256 g/mol. The van der Waals surface area contributed by atoms with E-state index in [-0.39, 0.29) is 12.6 Å². The van der Waals surface area contributed by atoms with E-state index in [1.807, 2.05) is 32.0 Å². The van der Waals surface area contributed by atoms with Crippen LogP contribution in [-0.4, -0.2) is 35.1 Å². The Hall–Kier alpha value is -2.04. The Kier molecular flexibility index (Phi) is 4.27. The molecule has 0 aliphatic carbocycles. The summed E-state index contributed by atoms with van der Waals surface area (Å²) in [6.07, 6.45) is 1.37. The molecule has 2 amide bonds. The molecule has 0 saturated carbocycles. The third kappa shape index (κ3) is 3.29. The van der Waals surface area contributed by atoms with Crippen molar-refractivity contribution in [1.82, 2.24) is 4.90 Å². The zero-order valence-electron chi connectivity index (χ0n) is 11.8. The Morgan fingerprint density at radius 1 is 1.35 bits per heavy atom. The van der Waals surface area contributed by atoms with Crippen LogP contribution in [0.1, 0.15) is 24.0 Å². The molecule has 1 saturated heterocycles. The third-order valence-corrected chi connectivity index (χ3v) is 3.68. The van der Waals surface area contributed by atoms with Crippen LogP contribution in [0.3, 0.4) is 0 Å². The van der Waals surface area contributed by atoms with Gasteiger partial charge in [0.05, 0.1) is 5.92 Å². The molecule has 5 nitrogen and oxygen atoms in total. The molecule has 0 bridgehead atoms. The Balaban J connectivity index is 2.02. The fourth-order valence-corrected chi connectivity index (χ4v) is 2.51. The second-order valence-corrected chi connectivity index (χ2v) is 5.37. The van der Waals surface area contributed by atoms with Gasteiger partial charge in [0.2, 0.25) is 0 Å². The number of anilines is 1. The quantitative estimate of drug-likeness (QED) is 0.872. The number of carboxylic acid groups (broad SMARTS) is 1. The van der Waals surface area contributed by atoms with Gasteiger partial charge in [0.25, 0.3) is 0 Å². The lowest BCUT2D eigenvalue weighted by Crippen LogP contribution is -2.44. The second-order valence-electron chi connectivity index (χ2n) is 5.37. The van der Waals surface area contributed by atoms with Gasteiger partial charge in [-0.25, -0.2) is 4.79 Å². The van der Waals surface area contributed by atoms with Crippen LogP contribution in [-0.2, 0) is 4.79 Å². The van der Waals surface area contributed by atoms with Crippen molar-refractivity contribution >= 4 is 17.7 Å². The topological polar surface area (TPSA) is 69.6 Å². The second kappa shape index (κ2) is 5.94. The third-order valence-electron chi connectivity index (χ3n) is 3.68. The van der Waals surface area contributed by atoms with Crippen molar-refractivity contribution < 1.29 is 14.7 Å². The number of carbonyl (C=O) groups is 2. The standard InChI is InChI=1S/C15H20N2O3/c1-10-5-6-13(11(2)8-10)16-15(20)17-7-3-4-12(9-17)14(18)19/h5-6,8,12H,3-4,7,9H2,1-2H3,(H,16,20)(H,18,19)/t12-/m1/s1. The smallest absolute Gasteiger partial charge is 0.321 e. The number of carbonyl (C=O) groups excluding carboxylic acids is 1. The monoisotopic (exact) mass is 276 g/mol. The molecule has 1 fully saturated rings. The molecule has 2 N–H and O–H groups in total. The predicted octanol–water partition coefficient (Wildman–Crippen LogP) is 2.63. The van der Waals surface area contributed by atoms with Gasteiger partial charge in [-0.15, -0.1) is 0 Å². The van der Waals surface area contributed by atoms with E-state index in [0.717, 1.165) is 23.2 Å². The molecule has 5 heteroatoms. The highest BCUT2D eigenvalue weighted by molar-refractivity contribution is 5.90. The summed E-state index contributed by atoms with van der Waals surface area (Å²) in [6.45, 7) is 4.84. The number of aryl methyl sites for hydroxylation is 2. The predicted molar refractivity (Wildman–Crippen MR) is 76.9 cm³/mol. The van der Waals surface area contributed by atoms with E-state index >= 15 is 0 Å². The number of hydrogen-bond acceptors (Lipinski definition) is 2. The molecule has 0 radical (unpaired) electrons. The molecule has 1 aromatic rings. The molecule has 1 aromatic carbocycles. The molecule has 2 rings (SSSR count).